The lowest BCUT2D eigenvalue weighted by atomic mass is 9.83. The van der Waals surface area contributed by atoms with E-state index in [0.29, 0.717) is 35.2 Å². The molecule has 5 nitrogen and oxygen atoms in total. The Balaban J connectivity index is 1.30. The topological polar surface area (TPSA) is 54.0 Å². The molecule has 1 aliphatic heterocycles. The van der Waals surface area contributed by atoms with E-state index < -0.39 is 5.92 Å². The van der Waals surface area contributed by atoms with Crippen LogP contribution in [0.2, 0.25) is 0 Å². The molecule has 39 heavy (non-hydrogen) atoms. The number of carbonyl (C=O) groups excluding carboxylic acids is 1. The van der Waals surface area contributed by atoms with Crippen molar-refractivity contribution in [2.45, 2.75) is 58.0 Å². The van der Waals surface area contributed by atoms with Crippen LogP contribution < -0.4 is 14.2 Å². The van der Waals surface area contributed by atoms with Crippen molar-refractivity contribution < 1.29 is 23.7 Å². The van der Waals surface area contributed by atoms with Crippen molar-refractivity contribution in [3.05, 3.63) is 89.0 Å². The Hall–Kier alpha value is -3.31. The highest BCUT2D eigenvalue weighted by atomic mass is 16.6. The van der Waals surface area contributed by atoms with E-state index in [2.05, 4.69) is 44.2 Å². The summed E-state index contributed by atoms with van der Waals surface area (Å²) in [4.78, 5) is 13.2. The van der Waals surface area contributed by atoms with E-state index in [9.17, 15) is 4.79 Å². The molecule has 206 valence electrons. The smallest absolute Gasteiger partial charge is 0.318 e. The van der Waals surface area contributed by atoms with Gasteiger partial charge in [-0.2, -0.15) is 0 Å². The average Bonchev–Trinajstić information content (AvgIpc) is 3.55. The Morgan fingerprint density at radius 3 is 2.38 bits per heavy atom. The molecule has 5 heteroatoms. The van der Waals surface area contributed by atoms with E-state index in [4.69, 9.17) is 18.9 Å². The molecule has 0 aromatic heterocycles. The number of esters is 1. The van der Waals surface area contributed by atoms with Gasteiger partial charge in [-0.25, -0.2) is 0 Å². The van der Waals surface area contributed by atoms with Gasteiger partial charge < -0.3 is 18.9 Å². The monoisotopic (exact) mass is 528 g/mol. The van der Waals surface area contributed by atoms with Gasteiger partial charge in [0.1, 0.15) is 5.75 Å². The number of carbonyl (C=O) groups is 1. The first kappa shape index (κ1) is 27.3. The predicted molar refractivity (Wildman–Crippen MR) is 153 cm³/mol. The fourth-order valence-electron chi connectivity index (χ4n) is 6.38. The van der Waals surface area contributed by atoms with Gasteiger partial charge in [0.15, 0.2) is 11.5 Å². The van der Waals surface area contributed by atoms with Crippen molar-refractivity contribution in [3.63, 3.8) is 0 Å². The van der Waals surface area contributed by atoms with Gasteiger partial charge in [0.25, 0.3) is 0 Å². The molecule has 1 saturated heterocycles. The molecule has 1 saturated carbocycles. The van der Waals surface area contributed by atoms with Gasteiger partial charge in [0.2, 0.25) is 0 Å². The molecule has 1 heterocycles. The van der Waals surface area contributed by atoms with Crippen LogP contribution in [0.25, 0.3) is 0 Å². The summed E-state index contributed by atoms with van der Waals surface area (Å²) in [5.41, 5.74) is 4.57. The van der Waals surface area contributed by atoms with Gasteiger partial charge in [-0.05, 0) is 96.4 Å². The van der Waals surface area contributed by atoms with Crippen LogP contribution in [0.5, 0.6) is 17.2 Å². The molecule has 2 aliphatic rings. The highest BCUT2D eigenvalue weighted by Gasteiger charge is 2.47. The third-order valence-electron chi connectivity index (χ3n) is 8.46. The van der Waals surface area contributed by atoms with Crippen molar-refractivity contribution >= 4 is 5.97 Å². The number of methoxy groups -OCH3 is 2. The lowest BCUT2D eigenvalue weighted by Gasteiger charge is -2.21. The quantitative estimate of drug-likeness (QED) is 0.213. The Bertz CT molecular complexity index is 1280. The van der Waals surface area contributed by atoms with Gasteiger partial charge in [-0.15, -0.1) is 0 Å². The maximum absolute atomic E-state index is 13.2. The normalized spacial score (nSPS) is 22.9. The lowest BCUT2D eigenvalue weighted by Crippen LogP contribution is -2.17. The first-order valence-electron chi connectivity index (χ1n) is 14.1. The van der Waals surface area contributed by atoms with Crippen LogP contribution in [0.1, 0.15) is 73.8 Å². The molecule has 0 radical (unpaired) electrons. The number of benzene rings is 3. The first-order valence-corrected chi connectivity index (χ1v) is 14.1. The van der Waals surface area contributed by atoms with E-state index in [-0.39, 0.29) is 12.1 Å². The van der Waals surface area contributed by atoms with E-state index in [1.807, 2.05) is 43.3 Å². The summed E-state index contributed by atoms with van der Waals surface area (Å²) in [7, 11) is 3.31. The number of hydrogen-bond acceptors (Lipinski definition) is 5. The van der Waals surface area contributed by atoms with Crippen LogP contribution in [0.15, 0.2) is 66.7 Å². The zero-order valence-corrected chi connectivity index (χ0v) is 23.7. The number of ether oxygens (including phenoxy) is 4. The Kier molecular flexibility index (Phi) is 8.27. The van der Waals surface area contributed by atoms with Crippen molar-refractivity contribution in [1.29, 1.82) is 0 Å². The molecule has 5 atom stereocenters. The molecule has 5 rings (SSSR count). The van der Waals surface area contributed by atoms with Crippen molar-refractivity contribution in [2.75, 3.05) is 20.8 Å². The fraction of sp³-hybridized carbons (Fsp3) is 0.441. The summed E-state index contributed by atoms with van der Waals surface area (Å²) in [6.45, 7) is 7.02. The number of rotatable bonds is 9. The first-order chi connectivity index (χ1) is 18.9. The molecule has 0 amide bonds. The zero-order chi connectivity index (χ0) is 27.5. The van der Waals surface area contributed by atoms with E-state index in [1.54, 1.807) is 14.2 Å². The molecular formula is C34H40O5. The van der Waals surface area contributed by atoms with Crippen LogP contribution in [0.4, 0.5) is 0 Å². The van der Waals surface area contributed by atoms with Gasteiger partial charge in [-0.3, -0.25) is 4.79 Å². The van der Waals surface area contributed by atoms with Gasteiger partial charge in [0.05, 0.1) is 32.8 Å². The van der Waals surface area contributed by atoms with Crippen LogP contribution in [-0.2, 0) is 16.0 Å². The summed E-state index contributed by atoms with van der Waals surface area (Å²) in [6.07, 6.45) is 3.23. The highest BCUT2D eigenvalue weighted by molar-refractivity contribution is 5.80. The Morgan fingerprint density at radius 2 is 1.67 bits per heavy atom. The molecule has 0 N–H and O–H groups in total. The van der Waals surface area contributed by atoms with Crippen LogP contribution in [-0.4, -0.2) is 26.8 Å². The zero-order valence-electron chi connectivity index (χ0n) is 23.7. The second-order valence-corrected chi connectivity index (χ2v) is 11.4. The summed E-state index contributed by atoms with van der Waals surface area (Å²) >= 11 is 0. The summed E-state index contributed by atoms with van der Waals surface area (Å²) in [5.74, 6) is 3.11. The van der Waals surface area contributed by atoms with Crippen LogP contribution in [0, 0.1) is 17.8 Å². The van der Waals surface area contributed by atoms with Crippen molar-refractivity contribution in [1.82, 2.24) is 0 Å². The molecule has 0 spiro atoms. The van der Waals surface area contributed by atoms with Crippen LogP contribution >= 0.6 is 0 Å². The van der Waals surface area contributed by atoms with E-state index in [1.165, 1.54) is 11.1 Å². The standard InChI is InChI=1S/C34H40O5/c1-21(2)17-23-9-11-24(12-10-23)22(3)34(35)39-32-19-26(13-16-31(32)37-5)33-29-15-14-28(30(29)20-38-33)25-7-6-8-27(18-25)36-4/h6-13,16,18-19,21-22,28-30,33H,14-15,17,20H2,1-5H3/t22?,28-,29?,30?,33?/m1/s1. The third-order valence-corrected chi connectivity index (χ3v) is 8.46. The number of hydrogen-bond donors (Lipinski definition) is 0. The molecule has 1 aliphatic carbocycles. The third kappa shape index (κ3) is 5.84. The Labute approximate surface area is 232 Å². The lowest BCUT2D eigenvalue weighted by molar-refractivity contribution is -0.135. The van der Waals surface area contributed by atoms with E-state index in [0.717, 1.165) is 42.7 Å². The van der Waals surface area contributed by atoms with Crippen LogP contribution in [0.3, 0.4) is 0 Å². The molecule has 2 fully saturated rings. The summed E-state index contributed by atoms with van der Waals surface area (Å²) in [5, 5.41) is 0. The van der Waals surface area contributed by atoms with Gasteiger partial charge >= 0.3 is 5.97 Å². The Morgan fingerprint density at radius 1 is 0.872 bits per heavy atom. The second-order valence-electron chi connectivity index (χ2n) is 11.4. The van der Waals surface area contributed by atoms with E-state index >= 15 is 0 Å². The maximum atomic E-state index is 13.2. The fourth-order valence-corrected chi connectivity index (χ4v) is 6.38. The minimum absolute atomic E-state index is 0.0279. The van der Waals surface area contributed by atoms with Crippen molar-refractivity contribution in [2.24, 2.45) is 17.8 Å². The minimum atomic E-state index is -0.392. The summed E-state index contributed by atoms with van der Waals surface area (Å²) in [6, 6.07) is 22.5. The van der Waals surface area contributed by atoms with Crippen molar-refractivity contribution in [3.8, 4) is 17.2 Å². The number of fused-ring (bicyclic) bond motifs is 1. The molecule has 0 bridgehead atoms. The van der Waals surface area contributed by atoms with Gasteiger partial charge in [-0.1, -0.05) is 56.3 Å². The molecular weight excluding hydrogens is 488 g/mol. The predicted octanol–water partition coefficient (Wildman–Crippen LogP) is 7.49. The molecule has 3 aromatic carbocycles. The molecule has 4 unspecified atom stereocenters. The van der Waals surface area contributed by atoms with Gasteiger partial charge in [0, 0.05) is 0 Å². The molecule has 3 aromatic rings. The highest BCUT2D eigenvalue weighted by Crippen LogP contribution is 2.54. The SMILES string of the molecule is COc1cccc([C@H]2CCC3C(c4ccc(OC)c(OC(=O)C(C)c5ccc(CC(C)C)cc5)c4)OCC32)c1. The summed E-state index contributed by atoms with van der Waals surface area (Å²) < 4.78 is 23.3. The minimum Gasteiger partial charge on any atom is -0.497 e. The average molecular weight is 529 g/mol. The largest absolute Gasteiger partial charge is 0.497 e. The maximum Gasteiger partial charge on any atom is 0.318 e. The second kappa shape index (κ2) is 11.8.